The number of piperazine rings is 1. The predicted molar refractivity (Wildman–Crippen MR) is 116 cm³/mol. The largest absolute Gasteiger partial charge is 0.336 e. The summed E-state index contributed by atoms with van der Waals surface area (Å²) in [5.41, 5.74) is 2.67. The molecule has 2 aromatic carbocycles. The van der Waals surface area contributed by atoms with Crippen LogP contribution in [0.5, 0.6) is 0 Å². The highest BCUT2D eigenvalue weighted by molar-refractivity contribution is 7.99. The molecule has 0 radical (unpaired) electrons. The van der Waals surface area contributed by atoms with Crippen molar-refractivity contribution in [2.45, 2.75) is 12.7 Å². The van der Waals surface area contributed by atoms with E-state index in [1.165, 1.54) is 0 Å². The molecule has 28 heavy (non-hydrogen) atoms. The molecular weight excluding hydrogens is 370 g/mol. The number of thioether (sulfide) groups is 1. The van der Waals surface area contributed by atoms with Gasteiger partial charge in [-0.25, -0.2) is 0 Å². The maximum absolute atomic E-state index is 12.6. The standard InChI is InChI=1S/C22H27N3O2S/c1-2-24-12-14-25(15-13-24)22(27)19-10-8-18(9-11-19)16-28-17-21(26)23-20-6-4-3-5-7-20/h3-11H,2,12-17H2,1H3,(H,23,26). The van der Waals surface area contributed by atoms with Gasteiger partial charge in [-0.2, -0.15) is 0 Å². The van der Waals surface area contributed by atoms with E-state index in [4.69, 9.17) is 0 Å². The van der Waals surface area contributed by atoms with Crippen molar-refractivity contribution in [1.82, 2.24) is 9.80 Å². The van der Waals surface area contributed by atoms with E-state index in [0.29, 0.717) is 5.75 Å². The summed E-state index contributed by atoms with van der Waals surface area (Å²) < 4.78 is 0. The van der Waals surface area contributed by atoms with Crippen molar-refractivity contribution in [2.24, 2.45) is 0 Å². The van der Waals surface area contributed by atoms with Crippen molar-refractivity contribution in [3.63, 3.8) is 0 Å². The van der Waals surface area contributed by atoms with Gasteiger partial charge in [0.25, 0.3) is 5.91 Å². The maximum Gasteiger partial charge on any atom is 0.253 e. The van der Waals surface area contributed by atoms with Gasteiger partial charge < -0.3 is 15.1 Å². The fraction of sp³-hybridized carbons (Fsp3) is 0.364. The molecule has 6 heteroatoms. The topological polar surface area (TPSA) is 52.7 Å². The Morgan fingerprint density at radius 2 is 1.64 bits per heavy atom. The number of amides is 2. The Balaban J connectivity index is 1.43. The van der Waals surface area contributed by atoms with Crippen LogP contribution in [0.2, 0.25) is 0 Å². The van der Waals surface area contributed by atoms with E-state index >= 15 is 0 Å². The van der Waals surface area contributed by atoms with Crippen LogP contribution in [-0.2, 0) is 10.5 Å². The van der Waals surface area contributed by atoms with Gasteiger partial charge in [-0.05, 0) is 36.4 Å². The number of benzene rings is 2. The lowest BCUT2D eigenvalue weighted by molar-refractivity contribution is -0.113. The molecule has 0 spiro atoms. The summed E-state index contributed by atoms with van der Waals surface area (Å²) >= 11 is 1.57. The molecule has 0 aliphatic carbocycles. The maximum atomic E-state index is 12.6. The zero-order valence-electron chi connectivity index (χ0n) is 16.3. The van der Waals surface area contributed by atoms with Crippen molar-refractivity contribution in [3.05, 3.63) is 65.7 Å². The Morgan fingerprint density at radius 1 is 0.964 bits per heavy atom. The number of para-hydroxylation sites is 1. The molecule has 1 heterocycles. The second kappa shape index (κ2) is 10.3. The van der Waals surface area contributed by atoms with Gasteiger partial charge >= 0.3 is 0 Å². The smallest absolute Gasteiger partial charge is 0.253 e. The second-order valence-electron chi connectivity index (χ2n) is 6.83. The fourth-order valence-corrected chi connectivity index (χ4v) is 3.96. The van der Waals surface area contributed by atoms with Gasteiger partial charge in [-0.15, -0.1) is 11.8 Å². The Labute approximate surface area is 171 Å². The summed E-state index contributed by atoms with van der Waals surface area (Å²) in [7, 11) is 0. The molecule has 1 N–H and O–H groups in total. The SMILES string of the molecule is CCN1CCN(C(=O)c2ccc(CSCC(=O)Nc3ccccc3)cc2)CC1. The van der Waals surface area contributed by atoms with E-state index in [-0.39, 0.29) is 11.8 Å². The minimum Gasteiger partial charge on any atom is -0.336 e. The van der Waals surface area contributed by atoms with Crippen molar-refractivity contribution in [2.75, 3.05) is 43.8 Å². The average Bonchev–Trinajstić information content (AvgIpc) is 2.74. The molecule has 0 aromatic heterocycles. The molecular formula is C22H27N3O2S. The molecule has 2 aromatic rings. The lowest BCUT2D eigenvalue weighted by Gasteiger charge is -2.34. The Hall–Kier alpha value is -2.31. The molecule has 0 atom stereocenters. The van der Waals surface area contributed by atoms with Gasteiger partial charge in [0.1, 0.15) is 0 Å². The molecule has 0 saturated carbocycles. The molecule has 148 valence electrons. The first-order valence-corrected chi connectivity index (χ1v) is 10.8. The molecule has 0 unspecified atom stereocenters. The van der Waals surface area contributed by atoms with Crippen LogP contribution in [0.3, 0.4) is 0 Å². The summed E-state index contributed by atoms with van der Waals surface area (Å²) in [4.78, 5) is 28.9. The minimum absolute atomic E-state index is 0.00535. The molecule has 1 fully saturated rings. The molecule has 1 aliphatic heterocycles. The third-order valence-corrected chi connectivity index (χ3v) is 5.87. The number of hydrogen-bond acceptors (Lipinski definition) is 4. The van der Waals surface area contributed by atoms with Crippen LogP contribution < -0.4 is 5.32 Å². The van der Waals surface area contributed by atoms with E-state index in [0.717, 1.165) is 55.3 Å². The molecule has 3 rings (SSSR count). The summed E-state index contributed by atoms with van der Waals surface area (Å²) in [5.74, 6) is 1.25. The average molecular weight is 398 g/mol. The highest BCUT2D eigenvalue weighted by atomic mass is 32.2. The molecule has 5 nitrogen and oxygen atoms in total. The van der Waals surface area contributed by atoms with Gasteiger partial charge in [0, 0.05) is 43.2 Å². The molecule has 0 bridgehead atoms. The van der Waals surface area contributed by atoms with Crippen LogP contribution in [0.4, 0.5) is 5.69 Å². The van der Waals surface area contributed by atoms with Crippen LogP contribution in [0.1, 0.15) is 22.8 Å². The second-order valence-corrected chi connectivity index (χ2v) is 7.82. The summed E-state index contributed by atoms with van der Waals surface area (Å²) in [6, 6.07) is 17.2. The normalized spacial score (nSPS) is 14.7. The first kappa shape index (κ1) is 20.4. The number of hydrogen-bond donors (Lipinski definition) is 1. The van der Waals surface area contributed by atoms with Gasteiger partial charge in [-0.1, -0.05) is 37.3 Å². The van der Waals surface area contributed by atoms with Crippen molar-refractivity contribution >= 4 is 29.3 Å². The van der Waals surface area contributed by atoms with Crippen LogP contribution in [-0.4, -0.2) is 60.1 Å². The number of rotatable bonds is 7. The molecule has 1 aliphatic rings. The number of carbonyl (C=O) groups excluding carboxylic acids is 2. The monoisotopic (exact) mass is 397 g/mol. The van der Waals surface area contributed by atoms with E-state index in [2.05, 4.69) is 17.1 Å². The van der Waals surface area contributed by atoms with Crippen LogP contribution in [0.25, 0.3) is 0 Å². The molecule has 1 saturated heterocycles. The lowest BCUT2D eigenvalue weighted by Crippen LogP contribution is -2.48. The van der Waals surface area contributed by atoms with Crippen LogP contribution in [0, 0.1) is 0 Å². The summed E-state index contributed by atoms with van der Waals surface area (Å²) in [6.07, 6.45) is 0. The first-order chi connectivity index (χ1) is 13.7. The summed E-state index contributed by atoms with van der Waals surface area (Å²) in [5, 5.41) is 2.88. The number of nitrogens with one attached hydrogen (secondary N) is 1. The van der Waals surface area contributed by atoms with E-state index in [1.807, 2.05) is 59.5 Å². The lowest BCUT2D eigenvalue weighted by atomic mass is 10.1. The highest BCUT2D eigenvalue weighted by Gasteiger charge is 2.21. The molecule has 2 amide bonds. The zero-order valence-corrected chi connectivity index (χ0v) is 17.1. The first-order valence-electron chi connectivity index (χ1n) is 9.69. The fourth-order valence-electron chi connectivity index (χ4n) is 3.17. The minimum atomic E-state index is -0.00535. The van der Waals surface area contributed by atoms with Crippen molar-refractivity contribution in [1.29, 1.82) is 0 Å². The van der Waals surface area contributed by atoms with E-state index < -0.39 is 0 Å². The number of nitrogens with zero attached hydrogens (tertiary/aromatic N) is 2. The van der Waals surface area contributed by atoms with Gasteiger partial charge in [0.05, 0.1) is 5.75 Å². The summed E-state index contributed by atoms with van der Waals surface area (Å²) in [6.45, 7) is 6.67. The quantitative estimate of drug-likeness (QED) is 0.779. The van der Waals surface area contributed by atoms with Crippen molar-refractivity contribution < 1.29 is 9.59 Å². The predicted octanol–water partition coefficient (Wildman–Crippen LogP) is 3.34. The highest BCUT2D eigenvalue weighted by Crippen LogP contribution is 2.16. The van der Waals surface area contributed by atoms with Crippen molar-refractivity contribution in [3.8, 4) is 0 Å². The van der Waals surface area contributed by atoms with Crippen LogP contribution in [0.15, 0.2) is 54.6 Å². The Kier molecular flexibility index (Phi) is 7.51. The third-order valence-electron chi connectivity index (χ3n) is 4.87. The third kappa shape index (κ3) is 5.84. The number of carbonyl (C=O) groups is 2. The van der Waals surface area contributed by atoms with E-state index in [9.17, 15) is 9.59 Å². The number of likely N-dealkylation sites (N-methyl/N-ethyl adjacent to an activating group) is 1. The zero-order chi connectivity index (χ0) is 19.8. The number of anilines is 1. The Bertz CT molecular complexity index is 772. The van der Waals surface area contributed by atoms with Gasteiger partial charge in [-0.3, -0.25) is 9.59 Å². The van der Waals surface area contributed by atoms with Gasteiger partial charge in [0.2, 0.25) is 5.91 Å². The Morgan fingerprint density at radius 3 is 2.29 bits per heavy atom. The van der Waals surface area contributed by atoms with Gasteiger partial charge in [0.15, 0.2) is 0 Å². The van der Waals surface area contributed by atoms with E-state index in [1.54, 1.807) is 11.8 Å². The van der Waals surface area contributed by atoms with Crippen LogP contribution >= 0.6 is 11.8 Å².